The number of nitrogens with zero attached hydrogens (tertiary/aromatic N) is 3. The van der Waals surface area contributed by atoms with Crippen LogP contribution in [0.25, 0.3) is 21.8 Å². The first-order chi connectivity index (χ1) is 18.8. The van der Waals surface area contributed by atoms with Crippen molar-refractivity contribution in [2.45, 2.75) is 37.8 Å². The Balaban J connectivity index is 1.35. The second-order valence-corrected chi connectivity index (χ2v) is 11.3. The molecule has 3 heteroatoms. The van der Waals surface area contributed by atoms with Crippen molar-refractivity contribution in [3.63, 3.8) is 0 Å². The van der Waals surface area contributed by atoms with Gasteiger partial charge in [0.25, 0.3) is 0 Å². The number of aromatic nitrogens is 1. The lowest BCUT2D eigenvalue weighted by Crippen LogP contribution is -2.42. The highest BCUT2D eigenvalue weighted by Gasteiger charge is 2.37. The van der Waals surface area contributed by atoms with E-state index in [0.717, 1.165) is 26.1 Å². The largest absolute Gasteiger partial charge is 0.344 e. The molecule has 1 fully saturated rings. The van der Waals surface area contributed by atoms with Gasteiger partial charge in [0.1, 0.15) is 0 Å². The average molecular weight is 500 g/mol. The molecule has 5 aromatic rings. The third kappa shape index (κ3) is 4.24. The van der Waals surface area contributed by atoms with Gasteiger partial charge < -0.3 is 9.47 Å². The Bertz CT molecular complexity index is 1560. The molecule has 4 aromatic carbocycles. The maximum atomic E-state index is 2.78. The van der Waals surface area contributed by atoms with E-state index in [9.17, 15) is 0 Å². The van der Waals surface area contributed by atoms with Gasteiger partial charge >= 0.3 is 0 Å². The molecular weight excluding hydrogens is 462 g/mol. The van der Waals surface area contributed by atoms with E-state index < -0.39 is 0 Å². The fourth-order valence-corrected chi connectivity index (χ4v) is 7.17. The van der Waals surface area contributed by atoms with Crippen LogP contribution in [0.15, 0.2) is 97.1 Å². The van der Waals surface area contributed by atoms with Crippen LogP contribution in [0, 0.1) is 0 Å². The fourth-order valence-electron chi connectivity index (χ4n) is 7.17. The highest BCUT2D eigenvalue weighted by Crippen LogP contribution is 2.44. The zero-order valence-electron chi connectivity index (χ0n) is 22.4. The first kappa shape index (κ1) is 23.7. The Morgan fingerprint density at radius 3 is 2.34 bits per heavy atom. The summed E-state index contributed by atoms with van der Waals surface area (Å²) in [6, 6.07) is 36.8. The van der Waals surface area contributed by atoms with Gasteiger partial charge in [-0.3, -0.25) is 4.90 Å². The summed E-state index contributed by atoms with van der Waals surface area (Å²) in [6.45, 7) is 5.68. The average Bonchev–Trinajstić information content (AvgIpc) is 3.58. The molecule has 3 nitrogen and oxygen atoms in total. The third-order valence-corrected chi connectivity index (χ3v) is 9.07. The van der Waals surface area contributed by atoms with Crippen molar-refractivity contribution in [1.29, 1.82) is 0 Å². The van der Waals surface area contributed by atoms with Gasteiger partial charge in [-0.15, -0.1) is 0 Å². The van der Waals surface area contributed by atoms with Gasteiger partial charge in [0, 0.05) is 60.4 Å². The summed E-state index contributed by atoms with van der Waals surface area (Å²) in [5, 5.41) is 2.73. The number of benzene rings is 4. The van der Waals surface area contributed by atoms with E-state index in [2.05, 4.69) is 118 Å². The van der Waals surface area contributed by atoms with Crippen LogP contribution in [0.4, 0.5) is 0 Å². The molecule has 1 aromatic heterocycles. The topological polar surface area (TPSA) is 11.4 Å². The van der Waals surface area contributed by atoms with E-state index in [1.54, 1.807) is 5.56 Å². The summed E-state index contributed by atoms with van der Waals surface area (Å²) in [5.41, 5.74) is 8.57. The normalized spacial score (nSPS) is 20.3. The summed E-state index contributed by atoms with van der Waals surface area (Å²) < 4.78 is 2.35. The van der Waals surface area contributed by atoms with E-state index in [1.807, 2.05) is 0 Å². The molecular formula is C35H37N3. The van der Waals surface area contributed by atoms with Gasteiger partial charge in [0.05, 0.1) is 0 Å². The highest BCUT2D eigenvalue weighted by atomic mass is 15.2. The minimum Gasteiger partial charge on any atom is -0.344 e. The number of aryl methyl sites for hydroxylation is 1. The number of rotatable bonds is 6. The summed E-state index contributed by atoms with van der Waals surface area (Å²) in [7, 11) is 2.20. The molecule has 38 heavy (non-hydrogen) atoms. The van der Waals surface area contributed by atoms with Crippen LogP contribution in [0.1, 0.15) is 47.1 Å². The Labute approximate surface area is 226 Å². The Morgan fingerprint density at radius 1 is 0.737 bits per heavy atom. The van der Waals surface area contributed by atoms with Crippen LogP contribution in [-0.4, -0.2) is 40.5 Å². The lowest BCUT2D eigenvalue weighted by atomic mass is 9.79. The third-order valence-electron chi connectivity index (χ3n) is 9.07. The van der Waals surface area contributed by atoms with E-state index in [4.69, 9.17) is 0 Å². The van der Waals surface area contributed by atoms with Crippen LogP contribution < -0.4 is 0 Å². The molecule has 0 bridgehead atoms. The summed E-state index contributed by atoms with van der Waals surface area (Å²) in [4.78, 5) is 5.49. The van der Waals surface area contributed by atoms with Crippen molar-refractivity contribution < 1.29 is 0 Å². The molecule has 0 radical (unpaired) electrons. The first-order valence-corrected chi connectivity index (χ1v) is 14.3. The van der Waals surface area contributed by atoms with Crippen LogP contribution in [0.5, 0.6) is 0 Å². The molecule has 1 saturated heterocycles. The van der Waals surface area contributed by atoms with E-state index >= 15 is 0 Å². The van der Waals surface area contributed by atoms with E-state index in [0.29, 0.717) is 12.0 Å². The number of likely N-dealkylation sites (tertiary alicyclic amines) is 1. The lowest BCUT2D eigenvalue weighted by Gasteiger charge is -2.44. The first-order valence-electron chi connectivity index (χ1n) is 14.3. The molecule has 0 spiro atoms. The number of hydrogen-bond acceptors (Lipinski definition) is 2. The van der Waals surface area contributed by atoms with Crippen LogP contribution in [0.3, 0.4) is 0 Å². The molecule has 0 aliphatic carbocycles. The van der Waals surface area contributed by atoms with Crippen LogP contribution in [-0.2, 0) is 20.0 Å². The van der Waals surface area contributed by atoms with Gasteiger partial charge in [-0.05, 0) is 72.8 Å². The van der Waals surface area contributed by atoms with Crippen LogP contribution >= 0.6 is 0 Å². The molecule has 0 N–H and O–H groups in total. The molecule has 192 valence electrons. The van der Waals surface area contributed by atoms with Gasteiger partial charge in [0.2, 0.25) is 0 Å². The zero-order chi connectivity index (χ0) is 25.5. The Kier molecular flexibility index (Phi) is 6.27. The highest BCUT2D eigenvalue weighted by molar-refractivity contribution is 6.08. The van der Waals surface area contributed by atoms with Crippen LogP contribution in [0.2, 0.25) is 0 Å². The quantitative estimate of drug-likeness (QED) is 0.243. The molecule has 3 heterocycles. The number of para-hydroxylation sites is 1. The van der Waals surface area contributed by atoms with Crippen molar-refractivity contribution in [1.82, 2.24) is 14.4 Å². The Morgan fingerprint density at radius 2 is 1.47 bits per heavy atom. The van der Waals surface area contributed by atoms with E-state index in [1.165, 1.54) is 64.4 Å². The van der Waals surface area contributed by atoms with Gasteiger partial charge in [0.15, 0.2) is 0 Å². The number of fused-ring (bicyclic) bond motifs is 4. The monoisotopic (exact) mass is 499 g/mol. The zero-order valence-corrected chi connectivity index (χ0v) is 22.4. The number of hydrogen-bond donors (Lipinski definition) is 0. The molecule has 0 saturated carbocycles. The molecule has 2 aliphatic rings. The van der Waals surface area contributed by atoms with Gasteiger partial charge in [-0.25, -0.2) is 0 Å². The van der Waals surface area contributed by atoms with E-state index in [-0.39, 0.29) is 0 Å². The smallest absolute Gasteiger partial charge is 0.0488 e. The van der Waals surface area contributed by atoms with Crippen molar-refractivity contribution in [2.75, 3.05) is 26.2 Å². The summed E-state index contributed by atoms with van der Waals surface area (Å²) in [5.74, 6) is 0.459. The van der Waals surface area contributed by atoms with Crippen molar-refractivity contribution in [3.05, 3.63) is 119 Å². The summed E-state index contributed by atoms with van der Waals surface area (Å²) >= 11 is 0. The summed E-state index contributed by atoms with van der Waals surface area (Å²) in [6.07, 6.45) is 3.74. The fraction of sp³-hybridized carbons (Fsp3) is 0.314. The second-order valence-electron chi connectivity index (χ2n) is 11.3. The molecule has 2 aliphatic heterocycles. The van der Waals surface area contributed by atoms with Crippen molar-refractivity contribution in [3.8, 4) is 0 Å². The maximum Gasteiger partial charge on any atom is 0.0488 e. The molecule has 0 amide bonds. The molecule has 7 rings (SSSR count). The molecule has 0 unspecified atom stereocenters. The predicted molar refractivity (Wildman–Crippen MR) is 159 cm³/mol. The predicted octanol–water partition coefficient (Wildman–Crippen LogP) is 7.31. The SMILES string of the molecule is Cn1c2ccccc2c2cc([C@@H]3[C@@H](CN4CCCC4)c4ccccc4CN3CCc3ccccc3)ccc21. The lowest BCUT2D eigenvalue weighted by molar-refractivity contribution is 0.127. The van der Waals surface area contributed by atoms with Gasteiger partial charge in [-0.2, -0.15) is 0 Å². The minimum absolute atomic E-state index is 0.359. The van der Waals surface area contributed by atoms with Gasteiger partial charge in [-0.1, -0.05) is 78.9 Å². The van der Waals surface area contributed by atoms with Crippen molar-refractivity contribution in [2.24, 2.45) is 7.05 Å². The Hall–Kier alpha value is -3.40. The minimum atomic E-state index is 0.359. The van der Waals surface area contributed by atoms with Crippen molar-refractivity contribution >= 4 is 21.8 Å². The maximum absolute atomic E-state index is 2.78. The molecule has 2 atom stereocenters. The standard InChI is InChI=1S/C35H37N3/c1-36-33-16-8-7-15-30(33)31-23-27(17-18-34(31)36)35-32(25-37-20-9-10-21-37)29-14-6-5-13-28(29)24-38(35)22-19-26-11-3-2-4-12-26/h2-8,11-18,23,32,35H,9-10,19-22,24-25H2,1H3/t32-,35+/m0/s1. The second kappa shape index (κ2) is 10.1.